The third-order valence-corrected chi connectivity index (χ3v) is 2.99. The summed E-state index contributed by atoms with van der Waals surface area (Å²) in [6.45, 7) is 5.72. The second kappa shape index (κ2) is 8.34. The minimum Gasteiger partial charge on any atom is -0.478 e. The number of aliphatic hydroxyl groups excluding tert-OH is 1. The third-order valence-electron chi connectivity index (χ3n) is 2.99. The lowest BCUT2D eigenvalue weighted by molar-refractivity contribution is -0.132. The lowest BCUT2D eigenvalue weighted by atomic mass is 9.91. The summed E-state index contributed by atoms with van der Waals surface area (Å²) in [5.74, 6) is -0.696. The van der Waals surface area contributed by atoms with Crippen molar-refractivity contribution in [1.29, 1.82) is 0 Å². The average Bonchev–Trinajstić information content (AvgIpc) is 2.26. The molecular formula is C13H24O3. The number of carboxylic acids is 1. The zero-order valence-corrected chi connectivity index (χ0v) is 10.6. The Morgan fingerprint density at radius 1 is 1.38 bits per heavy atom. The monoisotopic (exact) mass is 228 g/mol. The van der Waals surface area contributed by atoms with Crippen molar-refractivity contribution >= 4 is 5.97 Å². The van der Waals surface area contributed by atoms with E-state index in [1.165, 1.54) is 0 Å². The Morgan fingerprint density at radius 3 is 2.44 bits per heavy atom. The van der Waals surface area contributed by atoms with Crippen LogP contribution in [0.2, 0.25) is 0 Å². The van der Waals surface area contributed by atoms with Gasteiger partial charge in [0.05, 0.1) is 6.10 Å². The minimum atomic E-state index is -0.877. The number of aliphatic hydroxyl groups is 1. The van der Waals surface area contributed by atoms with Gasteiger partial charge in [0.15, 0.2) is 0 Å². The summed E-state index contributed by atoms with van der Waals surface area (Å²) in [5.41, 5.74) is 0.362. The summed E-state index contributed by atoms with van der Waals surface area (Å²) in [5, 5.41) is 18.6. The first kappa shape index (κ1) is 15.2. The van der Waals surface area contributed by atoms with Gasteiger partial charge in [-0.1, -0.05) is 39.2 Å². The Kier molecular flexibility index (Phi) is 7.90. The Bertz CT molecular complexity index is 233. The Balaban J connectivity index is 4.18. The number of hydrogen-bond donors (Lipinski definition) is 2. The van der Waals surface area contributed by atoms with E-state index in [0.717, 1.165) is 25.7 Å². The van der Waals surface area contributed by atoms with Crippen LogP contribution >= 0.6 is 0 Å². The van der Waals surface area contributed by atoms with Gasteiger partial charge in [0, 0.05) is 5.57 Å². The minimum absolute atomic E-state index is 0.181. The van der Waals surface area contributed by atoms with Crippen LogP contribution < -0.4 is 0 Å². The van der Waals surface area contributed by atoms with E-state index in [1.54, 1.807) is 13.0 Å². The van der Waals surface area contributed by atoms with Crippen molar-refractivity contribution in [2.45, 2.75) is 59.0 Å². The number of allylic oxidation sites excluding steroid dienone is 1. The SMILES string of the molecule is CCCCC(O)C(CC)C/C=C(\C)C(=O)O. The van der Waals surface area contributed by atoms with Crippen molar-refractivity contribution in [3.63, 3.8) is 0 Å². The lowest BCUT2D eigenvalue weighted by Crippen LogP contribution is -2.19. The first-order valence-corrected chi connectivity index (χ1v) is 6.11. The molecule has 0 saturated heterocycles. The normalized spacial score (nSPS) is 15.9. The molecule has 0 spiro atoms. The number of unbranched alkanes of at least 4 members (excludes halogenated alkanes) is 1. The Hall–Kier alpha value is -0.830. The molecule has 94 valence electrons. The summed E-state index contributed by atoms with van der Waals surface area (Å²) >= 11 is 0. The van der Waals surface area contributed by atoms with Gasteiger partial charge in [-0.2, -0.15) is 0 Å². The largest absolute Gasteiger partial charge is 0.478 e. The molecule has 0 amide bonds. The van der Waals surface area contributed by atoms with Gasteiger partial charge in [0.25, 0.3) is 0 Å². The molecule has 0 heterocycles. The van der Waals surface area contributed by atoms with Gasteiger partial charge in [-0.25, -0.2) is 4.79 Å². The van der Waals surface area contributed by atoms with E-state index >= 15 is 0 Å². The average molecular weight is 228 g/mol. The van der Waals surface area contributed by atoms with Crippen LogP contribution in [0.4, 0.5) is 0 Å². The molecular weight excluding hydrogens is 204 g/mol. The molecule has 0 aromatic carbocycles. The van der Waals surface area contributed by atoms with Gasteiger partial charge in [0.2, 0.25) is 0 Å². The van der Waals surface area contributed by atoms with Gasteiger partial charge in [-0.3, -0.25) is 0 Å². The highest BCUT2D eigenvalue weighted by Gasteiger charge is 2.16. The molecule has 0 rings (SSSR count). The summed E-state index contributed by atoms with van der Waals surface area (Å²) < 4.78 is 0. The maximum absolute atomic E-state index is 10.6. The Morgan fingerprint density at radius 2 is 2.00 bits per heavy atom. The summed E-state index contributed by atoms with van der Waals surface area (Å²) in [7, 11) is 0. The predicted molar refractivity (Wildman–Crippen MR) is 65.3 cm³/mol. The zero-order chi connectivity index (χ0) is 12.6. The summed E-state index contributed by atoms with van der Waals surface area (Å²) in [6, 6.07) is 0. The molecule has 0 aliphatic carbocycles. The van der Waals surface area contributed by atoms with Crippen molar-refractivity contribution in [2.24, 2.45) is 5.92 Å². The standard InChI is InChI=1S/C13H24O3/c1-4-6-7-12(14)11(5-2)9-8-10(3)13(15)16/h8,11-12,14H,4-7,9H2,1-3H3,(H,15,16)/b10-8+. The second-order valence-corrected chi connectivity index (χ2v) is 4.31. The molecule has 0 saturated carbocycles. The number of aliphatic carboxylic acids is 1. The smallest absolute Gasteiger partial charge is 0.330 e. The van der Waals surface area contributed by atoms with Crippen LogP contribution in [0.5, 0.6) is 0 Å². The van der Waals surface area contributed by atoms with Gasteiger partial charge >= 0.3 is 5.97 Å². The number of carbonyl (C=O) groups is 1. The van der Waals surface area contributed by atoms with Crippen molar-refractivity contribution in [1.82, 2.24) is 0 Å². The maximum atomic E-state index is 10.6. The van der Waals surface area contributed by atoms with Crippen LogP contribution in [-0.2, 0) is 4.79 Å². The summed E-state index contributed by atoms with van der Waals surface area (Å²) in [4.78, 5) is 10.6. The fraction of sp³-hybridized carbons (Fsp3) is 0.769. The molecule has 2 N–H and O–H groups in total. The van der Waals surface area contributed by atoms with Gasteiger partial charge < -0.3 is 10.2 Å². The van der Waals surface area contributed by atoms with Crippen molar-refractivity contribution in [3.8, 4) is 0 Å². The van der Waals surface area contributed by atoms with Gasteiger partial charge in [-0.15, -0.1) is 0 Å². The molecule has 0 aliphatic rings. The number of rotatable bonds is 8. The molecule has 16 heavy (non-hydrogen) atoms. The second-order valence-electron chi connectivity index (χ2n) is 4.31. The molecule has 0 aliphatic heterocycles. The Labute approximate surface area is 98.2 Å². The van der Waals surface area contributed by atoms with Crippen molar-refractivity contribution in [2.75, 3.05) is 0 Å². The topological polar surface area (TPSA) is 57.5 Å². The van der Waals surface area contributed by atoms with Gasteiger partial charge in [-0.05, 0) is 25.7 Å². The molecule has 2 atom stereocenters. The van der Waals surface area contributed by atoms with E-state index in [9.17, 15) is 9.90 Å². The molecule has 0 aromatic heterocycles. The quantitative estimate of drug-likeness (QED) is 0.628. The first-order chi connectivity index (χ1) is 7.52. The lowest BCUT2D eigenvalue weighted by Gasteiger charge is -2.20. The van der Waals surface area contributed by atoms with E-state index in [2.05, 4.69) is 6.92 Å². The molecule has 0 bridgehead atoms. The van der Waals surface area contributed by atoms with Gasteiger partial charge in [0.1, 0.15) is 0 Å². The molecule has 0 radical (unpaired) electrons. The molecule has 3 nitrogen and oxygen atoms in total. The first-order valence-electron chi connectivity index (χ1n) is 6.11. The zero-order valence-electron chi connectivity index (χ0n) is 10.6. The van der Waals surface area contributed by atoms with Crippen LogP contribution in [0.15, 0.2) is 11.6 Å². The van der Waals surface area contributed by atoms with E-state index < -0.39 is 5.97 Å². The van der Waals surface area contributed by atoms with Crippen LogP contribution in [-0.4, -0.2) is 22.3 Å². The number of hydrogen-bond acceptors (Lipinski definition) is 2. The van der Waals surface area contributed by atoms with E-state index in [0.29, 0.717) is 12.0 Å². The third kappa shape index (κ3) is 5.91. The molecule has 2 unspecified atom stereocenters. The maximum Gasteiger partial charge on any atom is 0.330 e. The molecule has 3 heteroatoms. The van der Waals surface area contributed by atoms with Crippen molar-refractivity contribution < 1.29 is 15.0 Å². The molecule has 0 aromatic rings. The van der Waals surface area contributed by atoms with Crippen LogP contribution in [0.3, 0.4) is 0 Å². The highest BCUT2D eigenvalue weighted by molar-refractivity contribution is 5.85. The van der Waals surface area contributed by atoms with Crippen molar-refractivity contribution in [3.05, 3.63) is 11.6 Å². The highest BCUT2D eigenvalue weighted by atomic mass is 16.4. The van der Waals surface area contributed by atoms with E-state index in [4.69, 9.17) is 5.11 Å². The number of carboxylic acid groups (broad SMARTS) is 1. The van der Waals surface area contributed by atoms with Crippen LogP contribution in [0, 0.1) is 5.92 Å². The predicted octanol–water partition coefficient (Wildman–Crippen LogP) is 2.98. The molecule has 0 fully saturated rings. The van der Waals surface area contributed by atoms with E-state index in [1.807, 2.05) is 6.92 Å². The fourth-order valence-corrected chi connectivity index (χ4v) is 1.66. The van der Waals surface area contributed by atoms with Crippen LogP contribution in [0.1, 0.15) is 52.9 Å². The van der Waals surface area contributed by atoms with E-state index in [-0.39, 0.29) is 12.0 Å². The summed E-state index contributed by atoms with van der Waals surface area (Å²) in [6.07, 6.45) is 5.87. The van der Waals surface area contributed by atoms with Crippen LogP contribution in [0.25, 0.3) is 0 Å². The highest BCUT2D eigenvalue weighted by Crippen LogP contribution is 2.19. The fourth-order valence-electron chi connectivity index (χ4n) is 1.66.